The molecule has 0 aromatic heterocycles. The monoisotopic (exact) mass is 250 g/mol. The number of aliphatic hydroxyl groups is 1. The van der Waals surface area contributed by atoms with Gasteiger partial charge in [0.25, 0.3) is 0 Å². The zero-order valence-electron chi connectivity index (χ0n) is 9.40. The van der Waals surface area contributed by atoms with Gasteiger partial charge >= 0.3 is 12.0 Å². The van der Waals surface area contributed by atoms with Gasteiger partial charge in [-0.3, -0.25) is 0 Å². The summed E-state index contributed by atoms with van der Waals surface area (Å²) in [5, 5.41) is 22.1. The van der Waals surface area contributed by atoms with E-state index in [1.807, 2.05) is 13.2 Å². The zero-order valence-corrected chi connectivity index (χ0v) is 10.2. The second kappa shape index (κ2) is 8.23. The minimum atomic E-state index is -1.56. The highest BCUT2D eigenvalue weighted by molar-refractivity contribution is 7.98. The van der Waals surface area contributed by atoms with Crippen LogP contribution in [0.1, 0.15) is 6.92 Å². The van der Waals surface area contributed by atoms with Gasteiger partial charge in [0.05, 0.1) is 6.54 Å². The molecular formula is C9H18N2O4S. The fourth-order valence-electron chi connectivity index (χ4n) is 0.950. The Kier molecular flexibility index (Phi) is 7.74. The van der Waals surface area contributed by atoms with Crippen LogP contribution in [-0.4, -0.2) is 53.4 Å². The van der Waals surface area contributed by atoms with Crippen molar-refractivity contribution in [3.8, 4) is 0 Å². The molecule has 0 heterocycles. The zero-order chi connectivity index (χ0) is 12.6. The minimum absolute atomic E-state index is 0.294. The van der Waals surface area contributed by atoms with Gasteiger partial charge in [-0.15, -0.1) is 0 Å². The van der Waals surface area contributed by atoms with Crippen molar-refractivity contribution in [3.05, 3.63) is 0 Å². The first-order valence-corrected chi connectivity index (χ1v) is 6.28. The summed E-state index contributed by atoms with van der Waals surface area (Å²) in [5.41, 5.74) is 0. The lowest BCUT2D eigenvalue weighted by Gasteiger charge is -2.12. The van der Waals surface area contributed by atoms with Gasteiger partial charge < -0.3 is 20.8 Å². The number of aliphatic hydroxyl groups excluding tert-OH is 1. The predicted octanol–water partition coefficient (Wildman–Crippen LogP) is -0.270. The maximum absolute atomic E-state index is 11.1. The molecule has 16 heavy (non-hydrogen) atoms. The highest BCUT2D eigenvalue weighted by Gasteiger charge is 2.13. The molecule has 0 fully saturated rings. The normalized spacial score (nSPS) is 13.9. The lowest BCUT2D eigenvalue weighted by molar-refractivity contribution is -0.146. The Balaban J connectivity index is 3.63. The Morgan fingerprint density at radius 3 is 2.38 bits per heavy atom. The number of amides is 2. The topological polar surface area (TPSA) is 98.7 Å². The van der Waals surface area contributed by atoms with Crippen molar-refractivity contribution in [2.45, 2.75) is 13.0 Å². The van der Waals surface area contributed by atoms with Gasteiger partial charge in [0.15, 0.2) is 6.10 Å². The summed E-state index contributed by atoms with van der Waals surface area (Å²) < 4.78 is 0. The lowest BCUT2D eigenvalue weighted by atomic mass is 10.2. The quantitative estimate of drug-likeness (QED) is 0.498. The van der Waals surface area contributed by atoms with Crippen molar-refractivity contribution in [2.75, 3.05) is 25.1 Å². The third kappa shape index (κ3) is 7.36. The van der Waals surface area contributed by atoms with E-state index in [0.717, 1.165) is 5.75 Å². The van der Waals surface area contributed by atoms with E-state index in [-0.39, 0.29) is 6.54 Å². The van der Waals surface area contributed by atoms with E-state index in [9.17, 15) is 9.59 Å². The van der Waals surface area contributed by atoms with Crippen LogP contribution < -0.4 is 10.6 Å². The number of carbonyl (C=O) groups is 2. The molecular weight excluding hydrogens is 232 g/mol. The summed E-state index contributed by atoms with van der Waals surface area (Å²) in [5.74, 6) is -0.0564. The Hall–Kier alpha value is -0.950. The van der Waals surface area contributed by atoms with Crippen molar-refractivity contribution in [2.24, 2.45) is 5.92 Å². The third-order valence-electron chi connectivity index (χ3n) is 1.80. The van der Waals surface area contributed by atoms with E-state index in [4.69, 9.17) is 10.2 Å². The lowest BCUT2D eigenvalue weighted by Crippen LogP contribution is -2.43. The van der Waals surface area contributed by atoms with Crippen LogP contribution in [0.2, 0.25) is 0 Å². The van der Waals surface area contributed by atoms with E-state index in [2.05, 4.69) is 10.6 Å². The number of carboxylic acids is 1. The number of nitrogens with one attached hydrogen (secondary N) is 2. The van der Waals surface area contributed by atoms with Crippen LogP contribution in [0.25, 0.3) is 0 Å². The van der Waals surface area contributed by atoms with Crippen molar-refractivity contribution in [3.63, 3.8) is 0 Å². The molecule has 0 rings (SSSR count). The van der Waals surface area contributed by atoms with E-state index >= 15 is 0 Å². The summed E-state index contributed by atoms with van der Waals surface area (Å²) in [6, 6.07) is -0.465. The number of carbonyl (C=O) groups excluding carboxylic acids is 1. The molecule has 0 aromatic rings. The molecule has 2 atom stereocenters. The highest BCUT2D eigenvalue weighted by Crippen LogP contribution is 2.02. The largest absolute Gasteiger partial charge is 0.479 e. The minimum Gasteiger partial charge on any atom is -0.479 e. The second-order valence-corrected chi connectivity index (χ2v) is 4.42. The summed E-state index contributed by atoms with van der Waals surface area (Å²) >= 11 is 1.69. The van der Waals surface area contributed by atoms with Gasteiger partial charge in [-0.2, -0.15) is 11.8 Å². The van der Waals surface area contributed by atoms with Crippen LogP contribution >= 0.6 is 11.8 Å². The Bertz CT molecular complexity index is 238. The number of carboxylic acid groups (broad SMARTS) is 1. The number of aliphatic carboxylic acids is 1. The molecule has 6 nitrogen and oxygen atoms in total. The first kappa shape index (κ1) is 15.0. The molecule has 0 saturated carbocycles. The summed E-state index contributed by atoms with van der Waals surface area (Å²) in [6.07, 6.45) is 0.425. The van der Waals surface area contributed by atoms with Crippen molar-refractivity contribution >= 4 is 23.8 Å². The second-order valence-electron chi connectivity index (χ2n) is 3.51. The molecule has 0 bridgehead atoms. The number of thioether (sulfide) groups is 1. The van der Waals surface area contributed by atoms with Gasteiger partial charge in [-0.1, -0.05) is 6.92 Å². The van der Waals surface area contributed by atoms with Gasteiger partial charge in [0.1, 0.15) is 0 Å². The Morgan fingerprint density at radius 2 is 1.88 bits per heavy atom. The molecule has 2 amide bonds. The molecule has 4 N–H and O–H groups in total. The highest BCUT2D eigenvalue weighted by atomic mass is 32.2. The van der Waals surface area contributed by atoms with Gasteiger partial charge in [-0.05, 0) is 17.9 Å². The molecule has 0 radical (unpaired) electrons. The molecule has 0 aliphatic carbocycles. The fourth-order valence-corrected chi connectivity index (χ4v) is 1.64. The maximum Gasteiger partial charge on any atom is 0.334 e. The molecule has 0 aliphatic heterocycles. The van der Waals surface area contributed by atoms with E-state index in [1.54, 1.807) is 11.8 Å². The van der Waals surface area contributed by atoms with Crippen LogP contribution in [0.3, 0.4) is 0 Å². The molecule has 7 heteroatoms. The van der Waals surface area contributed by atoms with Crippen molar-refractivity contribution in [1.82, 2.24) is 10.6 Å². The molecule has 2 unspecified atom stereocenters. The van der Waals surface area contributed by atoms with Crippen LogP contribution in [-0.2, 0) is 4.79 Å². The van der Waals surface area contributed by atoms with Crippen LogP contribution in [0, 0.1) is 5.92 Å². The van der Waals surface area contributed by atoms with Crippen molar-refractivity contribution < 1.29 is 19.8 Å². The Labute approximate surface area is 98.8 Å². The average Bonchev–Trinajstić information content (AvgIpc) is 2.23. The van der Waals surface area contributed by atoms with Crippen LogP contribution in [0.15, 0.2) is 0 Å². The fraction of sp³-hybridized carbons (Fsp3) is 0.778. The standard InChI is InChI=1S/C9H18N2O4S/c1-6(5-16-2)3-10-9(15)11-4-7(12)8(13)14/h6-7,12H,3-5H2,1-2H3,(H,13,14)(H2,10,11,15). The number of hydrogen-bond acceptors (Lipinski definition) is 4. The Morgan fingerprint density at radius 1 is 1.31 bits per heavy atom. The van der Waals surface area contributed by atoms with Gasteiger partial charge in [-0.25, -0.2) is 9.59 Å². The first-order chi connectivity index (χ1) is 7.47. The average molecular weight is 250 g/mol. The SMILES string of the molecule is CSCC(C)CNC(=O)NCC(O)C(=O)O. The van der Waals surface area contributed by atoms with E-state index < -0.39 is 18.1 Å². The summed E-state index contributed by atoms with van der Waals surface area (Å²) in [7, 11) is 0. The maximum atomic E-state index is 11.1. The molecule has 0 aliphatic rings. The predicted molar refractivity (Wildman–Crippen MR) is 62.6 cm³/mol. The van der Waals surface area contributed by atoms with Crippen molar-refractivity contribution in [1.29, 1.82) is 0 Å². The summed E-state index contributed by atoms with van der Waals surface area (Å²) in [6.45, 7) is 2.23. The number of urea groups is 1. The summed E-state index contributed by atoms with van der Waals surface area (Å²) in [4.78, 5) is 21.4. The number of rotatable bonds is 7. The first-order valence-electron chi connectivity index (χ1n) is 4.88. The third-order valence-corrected chi connectivity index (χ3v) is 2.71. The van der Waals surface area contributed by atoms with E-state index in [1.165, 1.54) is 0 Å². The van der Waals surface area contributed by atoms with E-state index in [0.29, 0.717) is 12.5 Å². The number of hydrogen-bond donors (Lipinski definition) is 4. The molecule has 94 valence electrons. The van der Waals surface area contributed by atoms with Crippen LogP contribution in [0.4, 0.5) is 4.79 Å². The molecule has 0 saturated heterocycles. The molecule has 0 aromatic carbocycles. The molecule has 0 spiro atoms. The smallest absolute Gasteiger partial charge is 0.334 e. The van der Waals surface area contributed by atoms with Gasteiger partial charge in [0.2, 0.25) is 0 Å². The van der Waals surface area contributed by atoms with Gasteiger partial charge in [0, 0.05) is 6.54 Å². The van der Waals surface area contributed by atoms with Crippen LogP contribution in [0.5, 0.6) is 0 Å².